The third-order valence-electron chi connectivity index (χ3n) is 8.25. The minimum atomic E-state index is -0.0870. The van der Waals surface area contributed by atoms with E-state index in [1.807, 2.05) is 0 Å². The number of aromatic amines is 1. The van der Waals surface area contributed by atoms with E-state index in [0.717, 1.165) is 61.8 Å². The van der Waals surface area contributed by atoms with Crippen LogP contribution in [0.4, 0.5) is 5.69 Å². The third kappa shape index (κ3) is 9.68. The number of nitrogens with zero attached hydrogens (tertiary/aromatic N) is 4. The van der Waals surface area contributed by atoms with E-state index in [-0.39, 0.29) is 18.1 Å². The van der Waals surface area contributed by atoms with Crippen LogP contribution in [-0.2, 0) is 43.3 Å². The number of ether oxygens (including phenoxy) is 6. The number of hydrogen-bond donors (Lipinski definition) is 2. The quantitative estimate of drug-likeness (QED) is 0.203. The predicted molar refractivity (Wildman–Crippen MR) is 170 cm³/mol. The molecule has 1 aromatic heterocycles. The van der Waals surface area contributed by atoms with Gasteiger partial charge in [0, 0.05) is 58.7 Å². The first-order valence-electron chi connectivity index (χ1n) is 16.0. The summed E-state index contributed by atoms with van der Waals surface area (Å²) in [4.78, 5) is 2.38. The lowest BCUT2D eigenvalue weighted by Crippen LogP contribution is -2.50. The SMILES string of the molecule is COCCCN1CCOc2ccc(CO[C@H]3CNC[C@@H](OCCc4nn[nH]n4)[C@@H]3c3ccc(COC[C@@H](C)COC)cc3)cc21. The Bertz CT molecular complexity index is 1260. The predicted octanol–water partition coefficient (Wildman–Crippen LogP) is 3.13. The fraction of sp³-hybridized carbons (Fsp3) is 0.606. The van der Waals surface area contributed by atoms with Gasteiger partial charge in [-0.25, -0.2) is 0 Å². The summed E-state index contributed by atoms with van der Waals surface area (Å²) in [5.74, 6) is 1.96. The minimum absolute atomic E-state index is 0.0414. The highest BCUT2D eigenvalue weighted by molar-refractivity contribution is 5.61. The summed E-state index contributed by atoms with van der Waals surface area (Å²) >= 11 is 0. The van der Waals surface area contributed by atoms with Crippen molar-refractivity contribution >= 4 is 5.69 Å². The number of fused-ring (bicyclic) bond motifs is 1. The molecule has 12 nitrogen and oxygen atoms in total. The molecule has 4 atom stereocenters. The molecule has 3 heterocycles. The Morgan fingerprint density at radius 1 is 0.956 bits per heavy atom. The minimum Gasteiger partial charge on any atom is -0.490 e. The number of rotatable bonds is 18. The molecule has 2 aliphatic rings. The lowest BCUT2D eigenvalue weighted by Gasteiger charge is -2.39. The highest BCUT2D eigenvalue weighted by atomic mass is 16.5. The first kappa shape index (κ1) is 33.2. The summed E-state index contributed by atoms with van der Waals surface area (Å²) in [7, 11) is 3.46. The standard InChI is InChI=1S/C33H48N6O6/c1-24(20-41-3)21-42-22-25-5-8-27(9-6-25)33-30(43-15-11-32-35-37-38-36-32)18-34-19-31(33)45-23-26-7-10-29-28(17-26)39(13-16-44-29)12-4-14-40-2/h5-10,17,24,30-31,33-34H,4,11-16,18-23H2,1-3H3,(H,35,36,37,38)/t24-,30+,31-,33-/m0/s1. The number of hydrogen-bond acceptors (Lipinski definition) is 11. The van der Waals surface area contributed by atoms with E-state index >= 15 is 0 Å². The first-order valence-corrected chi connectivity index (χ1v) is 16.0. The topological polar surface area (TPSA) is 125 Å². The molecule has 0 amide bonds. The van der Waals surface area contributed by atoms with Gasteiger partial charge < -0.3 is 38.6 Å². The van der Waals surface area contributed by atoms with Crippen LogP contribution in [0.25, 0.3) is 0 Å². The molecule has 12 heteroatoms. The summed E-state index contributed by atoms with van der Waals surface area (Å²) in [6.45, 7) is 9.71. The second kappa shape index (κ2) is 17.5. The lowest BCUT2D eigenvalue weighted by molar-refractivity contribution is -0.0594. The summed E-state index contributed by atoms with van der Waals surface area (Å²) in [6.07, 6.45) is 1.39. The Labute approximate surface area is 266 Å². The maximum absolute atomic E-state index is 6.69. The highest BCUT2D eigenvalue weighted by Gasteiger charge is 2.36. The van der Waals surface area contributed by atoms with Gasteiger partial charge in [0.25, 0.3) is 0 Å². The van der Waals surface area contributed by atoms with Crippen molar-refractivity contribution in [3.8, 4) is 5.75 Å². The Morgan fingerprint density at radius 3 is 2.56 bits per heavy atom. The molecule has 3 aromatic rings. The van der Waals surface area contributed by atoms with Crippen LogP contribution < -0.4 is 15.0 Å². The fourth-order valence-electron chi connectivity index (χ4n) is 6.00. The van der Waals surface area contributed by atoms with Crippen molar-refractivity contribution in [1.82, 2.24) is 25.9 Å². The summed E-state index contributed by atoms with van der Waals surface area (Å²) in [5, 5.41) is 17.8. The molecule has 0 spiro atoms. The molecule has 0 radical (unpaired) electrons. The molecule has 2 N–H and O–H groups in total. The van der Waals surface area contributed by atoms with Crippen LogP contribution in [0.15, 0.2) is 42.5 Å². The van der Waals surface area contributed by atoms with Crippen molar-refractivity contribution in [2.45, 2.75) is 51.1 Å². The van der Waals surface area contributed by atoms with Gasteiger partial charge in [0.2, 0.25) is 0 Å². The van der Waals surface area contributed by atoms with Gasteiger partial charge in [0.1, 0.15) is 12.4 Å². The van der Waals surface area contributed by atoms with E-state index in [1.165, 1.54) is 5.56 Å². The Balaban J connectivity index is 1.26. The molecule has 0 saturated carbocycles. The third-order valence-corrected chi connectivity index (χ3v) is 8.25. The zero-order chi connectivity index (χ0) is 31.3. The normalized spacial score (nSPS) is 20.5. The number of tetrazole rings is 1. The van der Waals surface area contributed by atoms with Crippen LogP contribution in [-0.4, -0.2) is 106 Å². The molecule has 5 rings (SSSR count). The molecule has 0 aliphatic carbocycles. The van der Waals surface area contributed by atoms with Gasteiger partial charge in [-0.2, -0.15) is 5.21 Å². The molecule has 2 aliphatic heterocycles. The van der Waals surface area contributed by atoms with Crippen LogP contribution >= 0.6 is 0 Å². The van der Waals surface area contributed by atoms with Crippen LogP contribution in [0.1, 0.15) is 41.8 Å². The van der Waals surface area contributed by atoms with E-state index in [9.17, 15) is 0 Å². The molecular weight excluding hydrogens is 576 g/mol. The summed E-state index contributed by atoms with van der Waals surface area (Å²) < 4.78 is 35.5. The van der Waals surface area contributed by atoms with Crippen LogP contribution in [0.5, 0.6) is 5.75 Å². The van der Waals surface area contributed by atoms with Gasteiger partial charge in [0.15, 0.2) is 5.82 Å². The van der Waals surface area contributed by atoms with Crippen molar-refractivity contribution in [1.29, 1.82) is 0 Å². The molecule has 45 heavy (non-hydrogen) atoms. The number of anilines is 1. The molecule has 1 fully saturated rings. The van der Waals surface area contributed by atoms with Crippen molar-refractivity contribution < 1.29 is 28.4 Å². The van der Waals surface area contributed by atoms with Crippen LogP contribution in [0, 0.1) is 5.92 Å². The molecular formula is C33H48N6O6. The van der Waals surface area contributed by atoms with E-state index < -0.39 is 0 Å². The smallest absolute Gasteiger partial charge is 0.176 e. The average molecular weight is 625 g/mol. The Kier molecular flexibility index (Phi) is 13.0. The number of H-pyrrole nitrogens is 1. The zero-order valence-electron chi connectivity index (χ0n) is 26.8. The summed E-state index contributed by atoms with van der Waals surface area (Å²) in [6, 6.07) is 15.0. The van der Waals surface area contributed by atoms with Gasteiger partial charge in [-0.1, -0.05) is 42.5 Å². The van der Waals surface area contributed by atoms with Crippen molar-refractivity contribution in [3.63, 3.8) is 0 Å². The second-order valence-electron chi connectivity index (χ2n) is 11.8. The zero-order valence-corrected chi connectivity index (χ0v) is 26.8. The van der Waals surface area contributed by atoms with Gasteiger partial charge in [-0.15, -0.1) is 10.2 Å². The number of methoxy groups -OCH3 is 2. The fourth-order valence-corrected chi connectivity index (χ4v) is 6.00. The first-order chi connectivity index (χ1) is 22.1. The van der Waals surface area contributed by atoms with E-state index in [2.05, 4.69) is 80.2 Å². The number of aromatic nitrogens is 4. The largest absolute Gasteiger partial charge is 0.490 e. The lowest BCUT2D eigenvalue weighted by atomic mass is 9.85. The number of benzene rings is 2. The van der Waals surface area contributed by atoms with Crippen LogP contribution in [0.2, 0.25) is 0 Å². The maximum Gasteiger partial charge on any atom is 0.176 e. The van der Waals surface area contributed by atoms with Crippen molar-refractivity contribution in [2.24, 2.45) is 5.92 Å². The van der Waals surface area contributed by atoms with Gasteiger partial charge in [-0.05, 0) is 35.2 Å². The highest BCUT2D eigenvalue weighted by Crippen LogP contribution is 2.34. The van der Waals surface area contributed by atoms with Crippen LogP contribution in [0.3, 0.4) is 0 Å². The maximum atomic E-state index is 6.69. The van der Waals surface area contributed by atoms with Gasteiger partial charge in [-0.3, -0.25) is 0 Å². The molecule has 2 aromatic carbocycles. The molecule has 0 bridgehead atoms. The Hall–Kier alpha value is -3.13. The van der Waals surface area contributed by atoms with Gasteiger partial charge >= 0.3 is 0 Å². The van der Waals surface area contributed by atoms with E-state index in [1.54, 1.807) is 14.2 Å². The molecule has 1 saturated heterocycles. The monoisotopic (exact) mass is 624 g/mol. The second-order valence-corrected chi connectivity index (χ2v) is 11.8. The van der Waals surface area contributed by atoms with E-state index in [0.29, 0.717) is 57.8 Å². The Morgan fingerprint density at radius 2 is 1.78 bits per heavy atom. The number of nitrogens with one attached hydrogen (secondary N) is 2. The number of piperidine rings is 1. The molecule has 0 unspecified atom stereocenters. The average Bonchev–Trinajstić information content (AvgIpc) is 3.58. The van der Waals surface area contributed by atoms with Crippen molar-refractivity contribution in [3.05, 3.63) is 65.0 Å². The van der Waals surface area contributed by atoms with Crippen molar-refractivity contribution in [2.75, 3.05) is 78.3 Å². The summed E-state index contributed by atoms with van der Waals surface area (Å²) in [5.41, 5.74) is 4.56. The molecule has 246 valence electrons. The van der Waals surface area contributed by atoms with Gasteiger partial charge in [0.05, 0.1) is 57.5 Å². The van der Waals surface area contributed by atoms with E-state index in [4.69, 9.17) is 28.4 Å².